The first-order valence-electron chi connectivity index (χ1n) is 6.06. The van der Waals surface area contributed by atoms with E-state index in [2.05, 4.69) is 48.5 Å². The van der Waals surface area contributed by atoms with Gasteiger partial charge in [-0.15, -0.1) is 0 Å². The molecule has 13 heavy (non-hydrogen) atoms. The van der Waals surface area contributed by atoms with Gasteiger partial charge in [0, 0.05) is 0 Å². The topological polar surface area (TPSA) is 0 Å². The van der Waals surface area contributed by atoms with Gasteiger partial charge in [0.15, 0.2) is 0 Å². The Hall–Kier alpha value is 0. The van der Waals surface area contributed by atoms with Crippen molar-refractivity contribution in [1.29, 1.82) is 0 Å². The summed E-state index contributed by atoms with van der Waals surface area (Å²) in [5.41, 5.74) is 0. The molecule has 0 bridgehead atoms. The van der Waals surface area contributed by atoms with Crippen molar-refractivity contribution < 1.29 is 0 Å². The fraction of sp³-hybridized carbons (Fsp3) is 1.00. The molecule has 0 aliphatic rings. The Balaban J connectivity index is -0.0000000431. The summed E-state index contributed by atoms with van der Waals surface area (Å²) in [6.45, 7) is 19.1. The highest BCUT2D eigenvalue weighted by Crippen LogP contribution is 1.81. The van der Waals surface area contributed by atoms with E-state index in [4.69, 9.17) is 0 Å². The van der Waals surface area contributed by atoms with Gasteiger partial charge in [-0.25, -0.2) is 0 Å². The van der Waals surface area contributed by atoms with Crippen LogP contribution in [0.15, 0.2) is 0 Å². The second-order valence-corrected chi connectivity index (χ2v) is 3.44. The van der Waals surface area contributed by atoms with Crippen LogP contribution in [0, 0.1) is 5.92 Å². The van der Waals surface area contributed by atoms with Crippen molar-refractivity contribution in [3.8, 4) is 0 Å². The fourth-order valence-corrected chi connectivity index (χ4v) is 0. The zero-order chi connectivity index (χ0) is 11.7. The van der Waals surface area contributed by atoms with Crippen LogP contribution in [0.5, 0.6) is 0 Å². The summed E-state index contributed by atoms with van der Waals surface area (Å²) < 4.78 is 0. The van der Waals surface area contributed by atoms with E-state index in [-0.39, 0.29) is 0 Å². The molecule has 0 spiro atoms. The minimum atomic E-state index is 0.833. The average molecular weight is 190 g/mol. The minimum Gasteiger partial charge on any atom is -0.0683 e. The zero-order valence-electron chi connectivity index (χ0n) is 11.7. The Morgan fingerprint density at radius 3 is 0.769 bits per heavy atom. The van der Waals surface area contributed by atoms with Crippen LogP contribution in [0.25, 0.3) is 0 Å². The molecule has 0 amide bonds. The first-order chi connectivity index (χ1) is 6.06. The summed E-state index contributed by atoms with van der Waals surface area (Å²) in [6, 6.07) is 0. The molecular weight excluding hydrogens is 156 g/mol. The fourth-order valence-electron chi connectivity index (χ4n) is 0. The van der Waals surface area contributed by atoms with Crippen LogP contribution >= 0.6 is 0 Å². The maximum atomic E-state index is 2.18. The first kappa shape index (κ1) is 23.1. The highest BCUT2D eigenvalue weighted by atomic mass is 13.7. The highest BCUT2D eigenvalue weighted by Gasteiger charge is 1.68. The molecule has 0 radical (unpaired) electrons. The maximum Gasteiger partial charge on any atom is -0.0500 e. The van der Waals surface area contributed by atoms with Gasteiger partial charge in [0.2, 0.25) is 0 Å². The van der Waals surface area contributed by atoms with Crippen LogP contribution in [0.3, 0.4) is 0 Å². The van der Waals surface area contributed by atoms with Gasteiger partial charge in [-0.05, 0) is 5.92 Å². The van der Waals surface area contributed by atoms with Gasteiger partial charge in [0.1, 0.15) is 0 Å². The minimum absolute atomic E-state index is 0.833. The monoisotopic (exact) mass is 190 g/mol. The largest absolute Gasteiger partial charge is 0.0683 e. The number of unbranched alkanes of at least 4 members (excludes halogenated alkanes) is 1. The lowest BCUT2D eigenvalue weighted by atomic mass is 10.3. The van der Waals surface area contributed by atoms with Crippen LogP contribution in [-0.2, 0) is 0 Å². The van der Waals surface area contributed by atoms with E-state index in [9.17, 15) is 0 Å². The van der Waals surface area contributed by atoms with Crippen LogP contribution in [-0.4, -0.2) is 0 Å². The molecule has 0 unspecified atom stereocenters. The van der Waals surface area contributed by atoms with Crippen molar-refractivity contribution >= 4 is 0 Å². The Bertz CT molecular complexity index is 24.3. The zero-order valence-corrected chi connectivity index (χ0v) is 11.7. The molecule has 0 heterocycles. The van der Waals surface area contributed by atoms with E-state index in [0.29, 0.717) is 0 Å². The van der Waals surface area contributed by atoms with E-state index in [0.717, 1.165) is 5.92 Å². The lowest BCUT2D eigenvalue weighted by Crippen LogP contribution is -1.66. The molecule has 0 aromatic heterocycles. The average Bonchev–Trinajstić information content (AvgIpc) is 2.08. The lowest BCUT2D eigenvalue weighted by Gasteiger charge is -1.79. The van der Waals surface area contributed by atoms with Gasteiger partial charge in [-0.1, -0.05) is 81.6 Å². The maximum absolute atomic E-state index is 2.18. The molecule has 0 aliphatic carbocycles. The van der Waals surface area contributed by atoms with Gasteiger partial charge >= 0.3 is 0 Å². The second-order valence-electron chi connectivity index (χ2n) is 3.44. The third-order valence-electron chi connectivity index (χ3n) is 0.500. The normalized spacial score (nSPS) is 6.92. The molecule has 0 saturated carbocycles. The highest BCUT2D eigenvalue weighted by molar-refractivity contribution is 4.20. The Kier molecular flexibility index (Phi) is 71.7. The smallest absolute Gasteiger partial charge is 0.0500 e. The SMILES string of the molecule is CC.CC(C)C.CCC.CCCC. The van der Waals surface area contributed by atoms with E-state index in [1.807, 2.05) is 13.8 Å². The summed E-state index contributed by atoms with van der Waals surface area (Å²) >= 11 is 0. The van der Waals surface area contributed by atoms with E-state index in [1.54, 1.807) is 0 Å². The van der Waals surface area contributed by atoms with Crippen molar-refractivity contribution in [3.63, 3.8) is 0 Å². The summed E-state index contributed by atoms with van der Waals surface area (Å²) in [5, 5.41) is 0. The van der Waals surface area contributed by atoms with E-state index < -0.39 is 0 Å². The summed E-state index contributed by atoms with van der Waals surface area (Å²) in [7, 11) is 0. The van der Waals surface area contributed by atoms with E-state index in [1.165, 1.54) is 19.3 Å². The van der Waals surface area contributed by atoms with Crippen LogP contribution < -0.4 is 0 Å². The Labute approximate surface area is 88.1 Å². The summed E-state index contributed by atoms with van der Waals surface area (Å²) in [4.78, 5) is 0. The first-order valence-corrected chi connectivity index (χ1v) is 6.06. The predicted molar refractivity (Wildman–Crippen MR) is 68.4 cm³/mol. The van der Waals surface area contributed by atoms with Crippen molar-refractivity contribution in [2.24, 2.45) is 5.92 Å². The molecule has 0 rings (SSSR count). The van der Waals surface area contributed by atoms with E-state index >= 15 is 0 Å². The number of hydrogen-bond donors (Lipinski definition) is 0. The van der Waals surface area contributed by atoms with Crippen molar-refractivity contribution in [2.45, 2.75) is 81.6 Å². The molecule has 86 valence electrons. The van der Waals surface area contributed by atoms with Crippen LogP contribution in [0.2, 0.25) is 0 Å². The van der Waals surface area contributed by atoms with Crippen molar-refractivity contribution in [3.05, 3.63) is 0 Å². The lowest BCUT2D eigenvalue weighted by molar-refractivity contribution is 0.737. The van der Waals surface area contributed by atoms with Crippen molar-refractivity contribution in [2.75, 3.05) is 0 Å². The molecule has 0 nitrogen and oxygen atoms in total. The van der Waals surface area contributed by atoms with Gasteiger partial charge in [-0.3, -0.25) is 0 Å². The van der Waals surface area contributed by atoms with Crippen LogP contribution in [0.4, 0.5) is 0 Å². The molecular formula is C13H34. The molecule has 0 heteroatoms. The number of hydrogen-bond acceptors (Lipinski definition) is 0. The summed E-state index contributed by atoms with van der Waals surface area (Å²) in [5.74, 6) is 0.833. The van der Waals surface area contributed by atoms with Gasteiger partial charge < -0.3 is 0 Å². The second kappa shape index (κ2) is 40.3. The summed E-state index contributed by atoms with van der Waals surface area (Å²) in [6.07, 6.45) is 3.89. The Morgan fingerprint density at radius 1 is 0.692 bits per heavy atom. The van der Waals surface area contributed by atoms with Gasteiger partial charge in [0.25, 0.3) is 0 Å². The molecule has 0 N–H and O–H groups in total. The molecule has 0 saturated heterocycles. The quantitative estimate of drug-likeness (QED) is 0.482. The molecule has 0 aromatic rings. The predicted octanol–water partition coefficient (Wildman–Crippen LogP) is 5.91. The molecule has 0 atom stereocenters. The molecule has 0 aliphatic heterocycles. The van der Waals surface area contributed by atoms with Crippen molar-refractivity contribution in [1.82, 2.24) is 0 Å². The number of rotatable bonds is 1. The molecule has 0 fully saturated rings. The third kappa shape index (κ3) is 1200. The van der Waals surface area contributed by atoms with Crippen LogP contribution in [0.1, 0.15) is 81.6 Å². The molecule has 0 aromatic carbocycles. The van der Waals surface area contributed by atoms with Gasteiger partial charge in [-0.2, -0.15) is 0 Å². The van der Waals surface area contributed by atoms with Gasteiger partial charge in [0.05, 0.1) is 0 Å². The third-order valence-corrected chi connectivity index (χ3v) is 0.500. The standard InChI is InChI=1S/2C4H10.C3H8.C2H6/c1-4(2)3;1-3-4-2;1-3-2;1-2/h4H,1-3H3;3-4H2,1-2H3;3H2,1-2H3;1-2H3. The Morgan fingerprint density at radius 2 is 0.769 bits per heavy atom.